The van der Waals surface area contributed by atoms with Crippen molar-refractivity contribution in [2.75, 3.05) is 13.6 Å². The van der Waals surface area contributed by atoms with E-state index in [0.717, 1.165) is 40.9 Å². The normalized spacial score (nSPS) is 10.9. The molecular weight excluding hydrogens is 262 g/mol. The first kappa shape index (κ1) is 13.6. The van der Waals surface area contributed by atoms with Gasteiger partial charge in [0.05, 0.1) is 10.9 Å². The van der Waals surface area contributed by atoms with Crippen LogP contribution >= 0.6 is 0 Å². The van der Waals surface area contributed by atoms with Crippen LogP contribution in [0.3, 0.4) is 0 Å². The molecule has 0 aliphatic heterocycles. The van der Waals surface area contributed by atoms with Crippen molar-refractivity contribution in [2.45, 2.75) is 13.0 Å². The van der Waals surface area contributed by atoms with Crippen LogP contribution in [0.5, 0.6) is 5.75 Å². The average molecular weight is 281 g/mol. The first-order valence-electron chi connectivity index (χ1n) is 7.16. The van der Waals surface area contributed by atoms with Gasteiger partial charge in [0.1, 0.15) is 12.4 Å². The number of H-pyrrole nitrogens is 1. The van der Waals surface area contributed by atoms with Gasteiger partial charge in [0.15, 0.2) is 0 Å². The summed E-state index contributed by atoms with van der Waals surface area (Å²) in [6.45, 7) is 1.47. The van der Waals surface area contributed by atoms with E-state index in [1.54, 1.807) is 0 Å². The van der Waals surface area contributed by atoms with Crippen LogP contribution in [0.4, 0.5) is 0 Å². The highest BCUT2D eigenvalue weighted by Gasteiger charge is 2.10. The Bertz CT molecular complexity index is 706. The van der Waals surface area contributed by atoms with Crippen molar-refractivity contribution in [3.8, 4) is 5.75 Å². The Hall–Kier alpha value is -2.33. The molecule has 0 aliphatic carbocycles. The lowest BCUT2D eigenvalue weighted by Gasteiger charge is -2.08. The van der Waals surface area contributed by atoms with Gasteiger partial charge in [-0.05, 0) is 24.7 Å². The number of fused-ring (bicyclic) bond motifs is 1. The van der Waals surface area contributed by atoms with E-state index in [4.69, 9.17) is 4.74 Å². The van der Waals surface area contributed by atoms with Crippen molar-refractivity contribution < 1.29 is 4.74 Å². The van der Waals surface area contributed by atoms with Gasteiger partial charge in [-0.15, -0.1) is 0 Å². The lowest BCUT2D eigenvalue weighted by molar-refractivity contribution is 0.310. The summed E-state index contributed by atoms with van der Waals surface area (Å²) in [4.78, 5) is 0. The van der Waals surface area contributed by atoms with Crippen LogP contribution in [0.2, 0.25) is 0 Å². The Morgan fingerprint density at radius 2 is 1.95 bits per heavy atom. The summed E-state index contributed by atoms with van der Waals surface area (Å²) in [6, 6.07) is 16.2. The predicted molar refractivity (Wildman–Crippen MR) is 84.5 cm³/mol. The molecule has 0 amide bonds. The molecule has 0 fully saturated rings. The molecule has 0 atom stereocenters. The molecule has 3 rings (SSSR count). The maximum atomic E-state index is 6.00. The van der Waals surface area contributed by atoms with Crippen molar-refractivity contribution in [1.82, 2.24) is 15.5 Å². The predicted octanol–water partition coefficient (Wildman–Crippen LogP) is 2.90. The van der Waals surface area contributed by atoms with Crippen molar-refractivity contribution >= 4 is 10.9 Å². The van der Waals surface area contributed by atoms with Gasteiger partial charge in [0.25, 0.3) is 0 Å². The largest absolute Gasteiger partial charge is 0.488 e. The molecule has 1 heterocycles. The number of aromatic amines is 1. The molecule has 4 heteroatoms. The van der Waals surface area contributed by atoms with Gasteiger partial charge in [-0.25, -0.2) is 0 Å². The molecule has 21 heavy (non-hydrogen) atoms. The maximum Gasteiger partial charge on any atom is 0.131 e. The standard InChI is InChI=1S/C17H19N3O/c1-18-11-10-15-17-14(19-20-15)8-5-9-16(17)21-12-13-6-3-2-4-7-13/h2-9,18H,10-12H2,1H3,(H,19,20). The van der Waals surface area contributed by atoms with Gasteiger partial charge in [-0.2, -0.15) is 5.10 Å². The molecule has 0 bridgehead atoms. The number of rotatable bonds is 6. The van der Waals surface area contributed by atoms with E-state index >= 15 is 0 Å². The van der Waals surface area contributed by atoms with Crippen LogP contribution in [0.15, 0.2) is 48.5 Å². The van der Waals surface area contributed by atoms with E-state index in [1.807, 2.05) is 43.4 Å². The van der Waals surface area contributed by atoms with Gasteiger partial charge >= 0.3 is 0 Å². The zero-order chi connectivity index (χ0) is 14.5. The Morgan fingerprint density at radius 3 is 2.76 bits per heavy atom. The van der Waals surface area contributed by atoms with Gasteiger partial charge in [0.2, 0.25) is 0 Å². The summed E-state index contributed by atoms with van der Waals surface area (Å²) >= 11 is 0. The minimum atomic E-state index is 0.566. The first-order chi connectivity index (χ1) is 10.4. The van der Waals surface area contributed by atoms with E-state index in [2.05, 4.69) is 27.6 Å². The van der Waals surface area contributed by atoms with Crippen molar-refractivity contribution in [3.05, 3.63) is 59.8 Å². The molecule has 0 spiro atoms. The number of aromatic nitrogens is 2. The number of nitrogens with one attached hydrogen (secondary N) is 2. The minimum absolute atomic E-state index is 0.566. The molecule has 108 valence electrons. The lowest BCUT2D eigenvalue weighted by atomic mass is 10.1. The Labute approximate surface area is 124 Å². The molecule has 0 aliphatic rings. The van der Waals surface area contributed by atoms with Crippen LogP contribution in [0, 0.1) is 0 Å². The topological polar surface area (TPSA) is 49.9 Å². The fourth-order valence-corrected chi connectivity index (χ4v) is 2.39. The Kier molecular flexibility index (Phi) is 4.17. The van der Waals surface area contributed by atoms with Gasteiger partial charge in [-0.3, -0.25) is 5.10 Å². The number of nitrogens with zero attached hydrogens (tertiary/aromatic N) is 1. The summed E-state index contributed by atoms with van der Waals surface area (Å²) in [5.41, 5.74) is 3.23. The van der Waals surface area contributed by atoms with E-state index < -0.39 is 0 Å². The number of benzene rings is 2. The summed E-state index contributed by atoms with van der Waals surface area (Å²) in [7, 11) is 1.95. The first-order valence-corrected chi connectivity index (χ1v) is 7.16. The number of hydrogen-bond acceptors (Lipinski definition) is 3. The van der Waals surface area contributed by atoms with Crippen LogP contribution in [0.1, 0.15) is 11.3 Å². The quantitative estimate of drug-likeness (QED) is 0.730. The lowest BCUT2D eigenvalue weighted by Crippen LogP contribution is -2.10. The SMILES string of the molecule is CNCCc1[nH]nc2cccc(OCc3ccccc3)c12. The summed E-state index contributed by atoms with van der Waals surface area (Å²) in [5.74, 6) is 0.885. The Morgan fingerprint density at radius 1 is 1.10 bits per heavy atom. The second-order valence-corrected chi connectivity index (χ2v) is 4.98. The summed E-state index contributed by atoms with van der Waals surface area (Å²) < 4.78 is 6.00. The fraction of sp³-hybridized carbons (Fsp3) is 0.235. The number of hydrogen-bond donors (Lipinski definition) is 2. The van der Waals surface area contributed by atoms with E-state index in [9.17, 15) is 0 Å². The zero-order valence-corrected chi connectivity index (χ0v) is 12.1. The molecule has 3 aromatic rings. The minimum Gasteiger partial charge on any atom is -0.488 e. The van der Waals surface area contributed by atoms with Gasteiger partial charge in [-0.1, -0.05) is 36.4 Å². The highest BCUT2D eigenvalue weighted by Crippen LogP contribution is 2.28. The van der Waals surface area contributed by atoms with Crippen molar-refractivity contribution in [3.63, 3.8) is 0 Å². The van der Waals surface area contributed by atoms with E-state index in [0.29, 0.717) is 6.61 Å². The monoisotopic (exact) mass is 281 g/mol. The third-order valence-corrected chi connectivity index (χ3v) is 3.48. The summed E-state index contributed by atoms with van der Waals surface area (Å²) in [6.07, 6.45) is 0.901. The zero-order valence-electron chi connectivity index (χ0n) is 12.1. The van der Waals surface area contributed by atoms with E-state index in [1.165, 1.54) is 0 Å². The van der Waals surface area contributed by atoms with Crippen molar-refractivity contribution in [2.24, 2.45) is 0 Å². The second-order valence-electron chi connectivity index (χ2n) is 4.98. The second kappa shape index (κ2) is 6.41. The molecule has 1 aromatic heterocycles. The molecule has 2 N–H and O–H groups in total. The Balaban J connectivity index is 1.85. The molecule has 0 saturated carbocycles. The molecule has 0 radical (unpaired) electrons. The van der Waals surface area contributed by atoms with Crippen molar-refractivity contribution in [1.29, 1.82) is 0 Å². The highest BCUT2D eigenvalue weighted by molar-refractivity contribution is 5.87. The fourth-order valence-electron chi connectivity index (χ4n) is 2.39. The molecular formula is C17H19N3O. The molecule has 0 unspecified atom stereocenters. The van der Waals surface area contributed by atoms with Gasteiger partial charge < -0.3 is 10.1 Å². The van der Waals surface area contributed by atoms with Crippen LogP contribution < -0.4 is 10.1 Å². The maximum absolute atomic E-state index is 6.00. The smallest absolute Gasteiger partial charge is 0.131 e. The molecule has 4 nitrogen and oxygen atoms in total. The molecule has 0 saturated heterocycles. The average Bonchev–Trinajstić information content (AvgIpc) is 2.96. The number of likely N-dealkylation sites (N-methyl/N-ethyl adjacent to an activating group) is 1. The van der Waals surface area contributed by atoms with Gasteiger partial charge in [0, 0.05) is 18.7 Å². The third kappa shape index (κ3) is 3.06. The van der Waals surface area contributed by atoms with Crippen LogP contribution in [0.25, 0.3) is 10.9 Å². The summed E-state index contributed by atoms with van der Waals surface area (Å²) in [5, 5.41) is 11.7. The van der Waals surface area contributed by atoms with Crippen LogP contribution in [-0.2, 0) is 13.0 Å². The van der Waals surface area contributed by atoms with E-state index in [-0.39, 0.29) is 0 Å². The highest BCUT2D eigenvalue weighted by atomic mass is 16.5. The number of ether oxygens (including phenoxy) is 1. The molecule has 2 aromatic carbocycles. The third-order valence-electron chi connectivity index (χ3n) is 3.48. The van der Waals surface area contributed by atoms with Crippen LogP contribution in [-0.4, -0.2) is 23.8 Å².